The van der Waals surface area contributed by atoms with Gasteiger partial charge in [0.05, 0.1) is 0 Å². The van der Waals surface area contributed by atoms with Crippen LogP contribution < -0.4 is 4.90 Å². The van der Waals surface area contributed by atoms with Crippen LogP contribution in [0.15, 0.2) is 192 Å². The monoisotopic (exact) mass is 613 g/mol. The maximum atomic E-state index is 6.84. The third-order valence-corrected chi connectivity index (χ3v) is 9.25. The largest absolute Gasteiger partial charge is 0.455 e. The van der Waals surface area contributed by atoms with Crippen molar-refractivity contribution in [2.24, 2.45) is 0 Å². The maximum absolute atomic E-state index is 6.84. The Bertz CT molecular complexity index is 2430. The first-order valence-corrected chi connectivity index (χ1v) is 16.3. The highest BCUT2D eigenvalue weighted by Crippen LogP contribution is 2.44. The summed E-state index contributed by atoms with van der Waals surface area (Å²) in [6.45, 7) is 0. The average Bonchev–Trinajstić information content (AvgIpc) is 3.53. The van der Waals surface area contributed by atoms with Gasteiger partial charge in [-0.05, 0) is 81.1 Å². The van der Waals surface area contributed by atoms with Crippen molar-refractivity contribution >= 4 is 49.8 Å². The van der Waals surface area contributed by atoms with Gasteiger partial charge in [-0.15, -0.1) is 0 Å². The van der Waals surface area contributed by atoms with E-state index in [1.165, 1.54) is 33.0 Å². The van der Waals surface area contributed by atoms with Crippen molar-refractivity contribution in [2.75, 3.05) is 4.90 Å². The third-order valence-electron chi connectivity index (χ3n) is 9.25. The molecule has 0 atom stereocenters. The number of furan rings is 1. The lowest BCUT2D eigenvalue weighted by molar-refractivity contribution is 0.670. The summed E-state index contributed by atoms with van der Waals surface area (Å²) < 4.78 is 6.84. The normalized spacial score (nSPS) is 11.3. The molecule has 9 rings (SSSR count). The second kappa shape index (κ2) is 11.8. The van der Waals surface area contributed by atoms with Crippen molar-refractivity contribution in [3.8, 4) is 33.4 Å². The molecule has 0 aliphatic heterocycles. The van der Waals surface area contributed by atoms with Crippen LogP contribution in [-0.4, -0.2) is 0 Å². The van der Waals surface area contributed by atoms with Gasteiger partial charge in [-0.25, -0.2) is 0 Å². The van der Waals surface area contributed by atoms with Crippen LogP contribution in [0.1, 0.15) is 0 Å². The fraction of sp³-hybridized carbons (Fsp3) is 0. The van der Waals surface area contributed by atoms with Crippen LogP contribution in [0.2, 0.25) is 0 Å². The molecule has 0 bridgehead atoms. The van der Waals surface area contributed by atoms with Crippen molar-refractivity contribution in [3.05, 3.63) is 188 Å². The van der Waals surface area contributed by atoms with Crippen molar-refractivity contribution in [1.82, 2.24) is 0 Å². The van der Waals surface area contributed by atoms with Gasteiger partial charge in [-0.1, -0.05) is 140 Å². The standard InChI is InChI=1S/C46H31NO/c1-4-12-32(13-5-1)34-20-24-38(25-21-34)47(39-26-22-35(23-27-39)33-14-6-2-7-15-33)40-28-29-42-43-30-37-18-10-11-19-41(37)45(36-16-8-3-9-17-36)46(43)48-44(42)31-40/h1-31H. The van der Waals surface area contributed by atoms with Crippen LogP contribution in [0, 0.1) is 0 Å². The topological polar surface area (TPSA) is 16.4 Å². The molecule has 0 aliphatic carbocycles. The number of hydrogen-bond acceptors (Lipinski definition) is 2. The fourth-order valence-electron chi connectivity index (χ4n) is 6.91. The second-order valence-corrected chi connectivity index (χ2v) is 12.2. The molecule has 9 aromatic rings. The van der Waals surface area contributed by atoms with Gasteiger partial charge in [0.2, 0.25) is 0 Å². The van der Waals surface area contributed by atoms with E-state index in [2.05, 4.69) is 193 Å². The highest BCUT2D eigenvalue weighted by Gasteiger charge is 2.19. The molecular formula is C46H31NO. The Morgan fingerprint density at radius 3 is 1.40 bits per heavy atom. The van der Waals surface area contributed by atoms with Crippen molar-refractivity contribution in [1.29, 1.82) is 0 Å². The minimum absolute atomic E-state index is 0.863. The minimum atomic E-state index is 0.863. The van der Waals surface area contributed by atoms with Crippen molar-refractivity contribution < 1.29 is 4.42 Å². The molecule has 0 spiro atoms. The van der Waals surface area contributed by atoms with Gasteiger partial charge in [0.25, 0.3) is 0 Å². The first-order chi connectivity index (χ1) is 23.8. The molecule has 2 heteroatoms. The first kappa shape index (κ1) is 27.9. The van der Waals surface area contributed by atoms with Crippen molar-refractivity contribution in [3.63, 3.8) is 0 Å². The quantitative estimate of drug-likeness (QED) is 0.185. The maximum Gasteiger partial charge on any atom is 0.143 e. The summed E-state index contributed by atoms with van der Waals surface area (Å²) in [6, 6.07) is 66.7. The van der Waals surface area contributed by atoms with Crippen LogP contribution in [0.5, 0.6) is 0 Å². The van der Waals surface area contributed by atoms with E-state index < -0.39 is 0 Å². The minimum Gasteiger partial charge on any atom is -0.455 e. The van der Waals surface area contributed by atoms with Crippen molar-refractivity contribution in [2.45, 2.75) is 0 Å². The van der Waals surface area contributed by atoms with Crippen LogP contribution in [0.3, 0.4) is 0 Å². The molecule has 0 radical (unpaired) electrons. The van der Waals surface area contributed by atoms with E-state index in [1.54, 1.807) is 0 Å². The second-order valence-electron chi connectivity index (χ2n) is 12.2. The van der Waals surface area contributed by atoms with Gasteiger partial charge in [-0.2, -0.15) is 0 Å². The Labute approximate surface area is 279 Å². The molecule has 0 saturated carbocycles. The lowest BCUT2D eigenvalue weighted by Crippen LogP contribution is -2.09. The molecule has 48 heavy (non-hydrogen) atoms. The molecule has 0 N–H and O–H groups in total. The van der Waals surface area contributed by atoms with E-state index in [9.17, 15) is 0 Å². The van der Waals surface area contributed by atoms with Crippen LogP contribution >= 0.6 is 0 Å². The highest BCUT2D eigenvalue weighted by atomic mass is 16.3. The molecule has 0 fully saturated rings. The first-order valence-electron chi connectivity index (χ1n) is 16.3. The Balaban J connectivity index is 1.21. The molecule has 0 saturated heterocycles. The number of rotatable bonds is 6. The molecule has 1 heterocycles. The summed E-state index contributed by atoms with van der Waals surface area (Å²) in [6.07, 6.45) is 0. The zero-order valence-corrected chi connectivity index (χ0v) is 26.3. The van der Waals surface area contributed by atoms with Crippen LogP contribution in [0.4, 0.5) is 17.1 Å². The SMILES string of the molecule is c1ccc(-c2ccc(N(c3ccc(-c4ccccc4)cc3)c3ccc4c(c3)oc3c(-c5ccccc5)c5ccccc5cc34)cc2)cc1. The summed E-state index contributed by atoms with van der Waals surface area (Å²) in [5.41, 5.74) is 12.0. The molecule has 0 unspecified atom stereocenters. The summed E-state index contributed by atoms with van der Waals surface area (Å²) in [7, 11) is 0. The smallest absolute Gasteiger partial charge is 0.143 e. The van der Waals surface area contributed by atoms with Crippen LogP contribution in [-0.2, 0) is 0 Å². The predicted molar refractivity (Wildman–Crippen MR) is 202 cm³/mol. The number of benzene rings is 8. The van der Waals surface area contributed by atoms with E-state index in [-0.39, 0.29) is 0 Å². The number of nitrogens with zero attached hydrogens (tertiary/aromatic N) is 1. The summed E-state index contributed by atoms with van der Waals surface area (Å²) >= 11 is 0. The van der Waals surface area contributed by atoms with Gasteiger partial charge in [-0.3, -0.25) is 0 Å². The molecular weight excluding hydrogens is 583 g/mol. The lowest BCUT2D eigenvalue weighted by Gasteiger charge is -2.26. The molecule has 2 nitrogen and oxygen atoms in total. The molecule has 0 amide bonds. The van der Waals surface area contributed by atoms with E-state index in [4.69, 9.17) is 4.42 Å². The average molecular weight is 614 g/mol. The zero-order chi connectivity index (χ0) is 31.9. The van der Waals surface area contributed by atoms with Gasteiger partial charge in [0.1, 0.15) is 11.2 Å². The molecule has 226 valence electrons. The van der Waals surface area contributed by atoms with E-state index in [0.717, 1.165) is 50.1 Å². The van der Waals surface area contributed by atoms with E-state index in [1.807, 2.05) is 0 Å². The fourth-order valence-corrected chi connectivity index (χ4v) is 6.91. The summed E-state index contributed by atoms with van der Waals surface area (Å²) in [5.74, 6) is 0. The van der Waals surface area contributed by atoms with Gasteiger partial charge >= 0.3 is 0 Å². The van der Waals surface area contributed by atoms with Gasteiger partial charge < -0.3 is 9.32 Å². The number of anilines is 3. The van der Waals surface area contributed by atoms with Crippen LogP contribution in [0.25, 0.3) is 66.1 Å². The Kier molecular flexibility index (Phi) is 6.84. The van der Waals surface area contributed by atoms with Gasteiger partial charge in [0.15, 0.2) is 0 Å². The Hall–Kier alpha value is -6.38. The summed E-state index contributed by atoms with van der Waals surface area (Å²) in [4.78, 5) is 2.31. The Morgan fingerprint density at radius 2 is 0.812 bits per heavy atom. The van der Waals surface area contributed by atoms with E-state index >= 15 is 0 Å². The summed E-state index contributed by atoms with van der Waals surface area (Å²) in [5, 5.41) is 4.62. The third kappa shape index (κ3) is 4.92. The molecule has 1 aromatic heterocycles. The van der Waals surface area contributed by atoms with E-state index in [0.29, 0.717) is 0 Å². The molecule has 8 aromatic carbocycles. The highest BCUT2D eigenvalue weighted by molar-refractivity contribution is 6.18. The van der Waals surface area contributed by atoms with Gasteiger partial charge in [0, 0.05) is 39.5 Å². The Morgan fingerprint density at radius 1 is 0.333 bits per heavy atom. The predicted octanol–water partition coefficient (Wildman–Crippen LogP) is 13.2. The number of fused-ring (bicyclic) bond motifs is 4. The zero-order valence-electron chi connectivity index (χ0n) is 26.3. The lowest BCUT2D eigenvalue weighted by atomic mass is 9.95. The number of hydrogen-bond donors (Lipinski definition) is 0. The molecule has 0 aliphatic rings.